The zero-order valence-corrected chi connectivity index (χ0v) is 10.1. The van der Waals surface area contributed by atoms with Gasteiger partial charge >= 0.3 is 0 Å². The third kappa shape index (κ3) is 3.31. The maximum Gasteiger partial charge on any atom is 0.213 e. The average Bonchev–Trinajstić information content (AvgIpc) is 2.84. The summed E-state index contributed by atoms with van der Waals surface area (Å²) in [5.41, 5.74) is 0. The van der Waals surface area contributed by atoms with E-state index in [9.17, 15) is 0 Å². The molecule has 2 aromatic heterocycles. The third-order valence-electron chi connectivity index (χ3n) is 1.86. The van der Waals surface area contributed by atoms with Gasteiger partial charge in [-0.15, -0.1) is 0 Å². The first kappa shape index (κ1) is 10.6. The van der Waals surface area contributed by atoms with Crippen LogP contribution in [0.2, 0.25) is 0 Å². The number of nitrogens with zero attached hydrogens (tertiary/aromatic N) is 2. The molecule has 1 N–H and O–H groups in total. The van der Waals surface area contributed by atoms with Crippen molar-refractivity contribution < 1.29 is 8.94 Å². The Morgan fingerprint density at radius 1 is 1.40 bits per heavy atom. The van der Waals surface area contributed by atoms with Crippen molar-refractivity contribution in [3.05, 3.63) is 33.9 Å². The first-order chi connectivity index (χ1) is 7.34. The number of hydrogen-bond donors (Lipinski definition) is 1. The number of halogens is 1. The van der Waals surface area contributed by atoms with Crippen LogP contribution in [0.15, 0.2) is 27.5 Å². The SMILES string of the molecule is Ic1ccc(CNCCc2ncon2)o1. The van der Waals surface area contributed by atoms with Crippen LogP contribution in [-0.2, 0) is 13.0 Å². The van der Waals surface area contributed by atoms with Crippen molar-refractivity contribution in [3.63, 3.8) is 0 Å². The van der Waals surface area contributed by atoms with Crippen molar-refractivity contribution in [2.75, 3.05) is 6.54 Å². The number of furan rings is 1. The summed E-state index contributed by atoms with van der Waals surface area (Å²) in [5.74, 6) is 1.66. The molecule has 0 radical (unpaired) electrons. The summed E-state index contributed by atoms with van der Waals surface area (Å²) < 4.78 is 10.9. The largest absolute Gasteiger partial charge is 0.454 e. The van der Waals surface area contributed by atoms with E-state index in [2.05, 4.69) is 42.6 Å². The van der Waals surface area contributed by atoms with Gasteiger partial charge in [-0.05, 0) is 34.7 Å². The lowest BCUT2D eigenvalue weighted by Crippen LogP contribution is -2.16. The predicted octanol–water partition coefficient (Wildman–Crippen LogP) is 1.60. The molecule has 0 aliphatic rings. The van der Waals surface area contributed by atoms with Crippen LogP contribution in [0, 0.1) is 3.77 Å². The molecule has 0 amide bonds. The minimum Gasteiger partial charge on any atom is -0.454 e. The Labute approximate surface area is 100 Å². The van der Waals surface area contributed by atoms with Gasteiger partial charge in [0.05, 0.1) is 6.54 Å². The Balaban J connectivity index is 1.67. The lowest BCUT2D eigenvalue weighted by Gasteiger charge is -1.99. The fraction of sp³-hybridized carbons (Fsp3) is 0.333. The molecule has 2 heterocycles. The summed E-state index contributed by atoms with van der Waals surface area (Å²) in [7, 11) is 0. The van der Waals surface area contributed by atoms with Crippen molar-refractivity contribution in [1.29, 1.82) is 0 Å². The summed E-state index contributed by atoms with van der Waals surface area (Å²) in [6.07, 6.45) is 2.10. The molecule has 0 aromatic carbocycles. The highest BCUT2D eigenvalue weighted by atomic mass is 127. The van der Waals surface area contributed by atoms with E-state index < -0.39 is 0 Å². The smallest absolute Gasteiger partial charge is 0.213 e. The molecule has 0 aliphatic carbocycles. The van der Waals surface area contributed by atoms with Crippen LogP contribution in [0.1, 0.15) is 11.6 Å². The zero-order chi connectivity index (χ0) is 10.5. The summed E-state index contributed by atoms with van der Waals surface area (Å²) >= 11 is 2.14. The first-order valence-electron chi connectivity index (χ1n) is 4.55. The Morgan fingerprint density at radius 3 is 3.00 bits per heavy atom. The normalized spacial score (nSPS) is 10.7. The molecule has 0 aliphatic heterocycles. The summed E-state index contributed by atoms with van der Waals surface area (Å²) in [4.78, 5) is 3.92. The van der Waals surface area contributed by atoms with E-state index in [4.69, 9.17) is 4.42 Å². The standard InChI is InChI=1S/C9H10IN3O2/c10-8-2-1-7(15-8)5-11-4-3-9-12-6-14-13-9/h1-2,6,11H,3-5H2. The van der Waals surface area contributed by atoms with E-state index in [0.29, 0.717) is 0 Å². The molecule has 0 atom stereocenters. The van der Waals surface area contributed by atoms with E-state index in [0.717, 1.165) is 34.9 Å². The molecule has 2 aromatic rings. The van der Waals surface area contributed by atoms with Gasteiger partial charge in [-0.3, -0.25) is 0 Å². The van der Waals surface area contributed by atoms with Crippen molar-refractivity contribution in [2.24, 2.45) is 0 Å². The van der Waals surface area contributed by atoms with Crippen LogP contribution in [0.4, 0.5) is 0 Å². The molecule has 0 saturated heterocycles. The highest BCUT2D eigenvalue weighted by Gasteiger charge is 2.00. The van der Waals surface area contributed by atoms with Gasteiger partial charge < -0.3 is 14.3 Å². The van der Waals surface area contributed by atoms with Crippen molar-refractivity contribution in [1.82, 2.24) is 15.5 Å². The molecule has 6 heteroatoms. The van der Waals surface area contributed by atoms with Crippen LogP contribution in [-0.4, -0.2) is 16.7 Å². The first-order valence-corrected chi connectivity index (χ1v) is 5.62. The van der Waals surface area contributed by atoms with Gasteiger partial charge in [-0.25, -0.2) is 0 Å². The van der Waals surface area contributed by atoms with E-state index in [1.165, 1.54) is 6.39 Å². The van der Waals surface area contributed by atoms with E-state index in [1.54, 1.807) is 0 Å². The quantitative estimate of drug-likeness (QED) is 0.670. The predicted molar refractivity (Wildman–Crippen MR) is 61.1 cm³/mol. The van der Waals surface area contributed by atoms with Crippen molar-refractivity contribution >= 4 is 22.6 Å². The fourth-order valence-electron chi connectivity index (χ4n) is 1.16. The van der Waals surface area contributed by atoms with Gasteiger partial charge in [0.2, 0.25) is 6.39 Å². The Morgan fingerprint density at radius 2 is 2.33 bits per heavy atom. The topological polar surface area (TPSA) is 64.1 Å². The molecular weight excluding hydrogens is 309 g/mol. The molecule has 80 valence electrons. The Kier molecular flexibility index (Phi) is 3.73. The van der Waals surface area contributed by atoms with E-state index >= 15 is 0 Å². The molecule has 0 unspecified atom stereocenters. The van der Waals surface area contributed by atoms with Crippen LogP contribution < -0.4 is 5.32 Å². The number of rotatable bonds is 5. The monoisotopic (exact) mass is 319 g/mol. The van der Waals surface area contributed by atoms with Gasteiger partial charge in [-0.2, -0.15) is 4.98 Å². The van der Waals surface area contributed by atoms with E-state index in [1.807, 2.05) is 12.1 Å². The van der Waals surface area contributed by atoms with Crippen LogP contribution in [0.5, 0.6) is 0 Å². The second kappa shape index (κ2) is 5.26. The summed E-state index contributed by atoms with van der Waals surface area (Å²) in [6, 6.07) is 3.90. The van der Waals surface area contributed by atoms with Gasteiger partial charge in [0, 0.05) is 13.0 Å². The van der Waals surface area contributed by atoms with Crippen LogP contribution in [0.25, 0.3) is 0 Å². The second-order valence-corrected chi connectivity index (χ2v) is 4.04. The third-order valence-corrected chi connectivity index (χ3v) is 2.44. The van der Waals surface area contributed by atoms with Gasteiger partial charge in [0.25, 0.3) is 0 Å². The minimum absolute atomic E-state index is 0.719. The van der Waals surface area contributed by atoms with Gasteiger partial charge in [-0.1, -0.05) is 5.16 Å². The van der Waals surface area contributed by atoms with Crippen molar-refractivity contribution in [2.45, 2.75) is 13.0 Å². The fourth-order valence-corrected chi connectivity index (χ4v) is 1.62. The van der Waals surface area contributed by atoms with Crippen LogP contribution >= 0.6 is 22.6 Å². The van der Waals surface area contributed by atoms with E-state index in [-0.39, 0.29) is 0 Å². The number of hydrogen-bond acceptors (Lipinski definition) is 5. The molecular formula is C9H10IN3O2. The highest BCUT2D eigenvalue weighted by molar-refractivity contribution is 14.1. The minimum atomic E-state index is 0.719. The molecule has 0 bridgehead atoms. The Bertz CT molecular complexity index is 399. The molecule has 0 saturated carbocycles. The molecule has 2 rings (SSSR count). The Hall–Kier alpha value is -0.890. The maximum absolute atomic E-state index is 5.40. The maximum atomic E-state index is 5.40. The second-order valence-electron chi connectivity index (χ2n) is 2.98. The molecule has 0 spiro atoms. The van der Waals surface area contributed by atoms with Crippen molar-refractivity contribution in [3.8, 4) is 0 Å². The molecule has 15 heavy (non-hydrogen) atoms. The summed E-state index contributed by atoms with van der Waals surface area (Å²) in [5, 5.41) is 6.95. The zero-order valence-electron chi connectivity index (χ0n) is 7.94. The van der Waals surface area contributed by atoms with Crippen LogP contribution in [0.3, 0.4) is 0 Å². The highest BCUT2D eigenvalue weighted by Crippen LogP contribution is 2.09. The molecule has 0 fully saturated rings. The van der Waals surface area contributed by atoms with Gasteiger partial charge in [0.1, 0.15) is 5.76 Å². The van der Waals surface area contributed by atoms with Gasteiger partial charge in [0.15, 0.2) is 9.59 Å². The lowest BCUT2D eigenvalue weighted by atomic mass is 10.4. The summed E-state index contributed by atoms with van der Waals surface area (Å²) in [6.45, 7) is 1.53. The molecule has 5 nitrogen and oxygen atoms in total. The average molecular weight is 319 g/mol. The number of nitrogens with one attached hydrogen (secondary N) is 1. The lowest BCUT2D eigenvalue weighted by molar-refractivity contribution is 0.408. The number of aromatic nitrogens is 2.